The monoisotopic (exact) mass is 517 g/mol. The number of hydrogen-bond acceptors (Lipinski definition) is 5. The third-order valence-electron chi connectivity index (χ3n) is 7.29. The van der Waals surface area contributed by atoms with Crippen LogP contribution < -0.4 is 16.1 Å². The minimum atomic E-state index is -0.979. The Bertz CT molecular complexity index is 1030. The Morgan fingerprint density at radius 2 is 1.78 bits per heavy atom. The minimum Gasteiger partial charge on any atom is -0.390 e. The van der Waals surface area contributed by atoms with Crippen LogP contribution in [0.3, 0.4) is 0 Å². The molecule has 0 spiro atoms. The number of hydrogen-bond donors (Lipinski definition) is 4. The largest absolute Gasteiger partial charge is 0.390 e. The van der Waals surface area contributed by atoms with Gasteiger partial charge < -0.3 is 20.6 Å². The summed E-state index contributed by atoms with van der Waals surface area (Å²) in [5, 5.41) is 17.6. The van der Waals surface area contributed by atoms with Crippen molar-refractivity contribution in [2.24, 2.45) is 0 Å². The molecule has 1 fully saturated rings. The van der Waals surface area contributed by atoms with Gasteiger partial charge >= 0.3 is 0 Å². The molecule has 6 nitrogen and oxygen atoms in total. The molecule has 4 N–H and O–H groups in total. The van der Waals surface area contributed by atoms with E-state index in [1.165, 1.54) is 24.6 Å². The van der Waals surface area contributed by atoms with E-state index in [1.807, 2.05) is 0 Å². The Morgan fingerprint density at radius 3 is 2.35 bits per heavy atom. The quantitative estimate of drug-likeness (QED) is 0.354. The fraction of sp³-hybridized carbons (Fsp3) is 0.552. The smallest absolute Gasteiger partial charge is 0.217 e. The number of rotatable bonds is 10. The molecule has 37 heavy (non-hydrogen) atoms. The van der Waals surface area contributed by atoms with Gasteiger partial charge in [-0.1, -0.05) is 45.0 Å². The first kappa shape index (κ1) is 29.2. The van der Waals surface area contributed by atoms with Crippen LogP contribution in [0.1, 0.15) is 70.1 Å². The number of carbonyl (C=O) groups excluding carboxylic acids is 1. The van der Waals surface area contributed by atoms with Crippen molar-refractivity contribution in [3.8, 4) is 0 Å². The van der Waals surface area contributed by atoms with Crippen LogP contribution >= 0.6 is 0 Å². The van der Waals surface area contributed by atoms with Crippen LogP contribution in [0.5, 0.6) is 0 Å². The predicted octanol–water partition coefficient (Wildman–Crippen LogP) is 4.25. The van der Waals surface area contributed by atoms with Crippen LogP contribution in [0.15, 0.2) is 42.5 Å². The van der Waals surface area contributed by atoms with E-state index >= 15 is 0 Å². The number of hydroxylamine groups is 1. The van der Waals surface area contributed by atoms with Gasteiger partial charge in [0.15, 0.2) is 0 Å². The number of aliphatic hydroxyl groups excluding tert-OH is 1. The second-order valence-corrected chi connectivity index (χ2v) is 11.2. The average molecular weight is 518 g/mol. The highest BCUT2D eigenvalue weighted by atomic mass is 19.1. The molecule has 1 saturated carbocycles. The lowest BCUT2D eigenvalue weighted by Gasteiger charge is -2.43. The molecule has 8 heteroatoms. The van der Waals surface area contributed by atoms with Crippen molar-refractivity contribution in [3.63, 3.8) is 0 Å². The molecule has 0 unspecified atom stereocenters. The van der Waals surface area contributed by atoms with E-state index in [2.05, 4.69) is 61.2 Å². The number of aliphatic hydroxyl groups is 1. The van der Waals surface area contributed by atoms with E-state index < -0.39 is 23.8 Å². The van der Waals surface area contributed by atoms with E-state index in [0.717, 1.165) is 37.3 Å². The van der Waals surface area contributed by atoms with E-state index in [1.54, 1.807) is 7.11 Å². The maximum Gasteiger partial charge on any atom is 0.217 e. The summed E-state index contributed by atoms with van der Waals surface area (Å²) < 4.78 is 27.5. The summed E-state index contributed by atoms with van der Waals surface area (Å²) in [6.07, 6.45) is 2.54. The topological polar surface area (TPSA) is 82.6 Å². The molecule has 0 aromatic heterocycles. The van der Waals surface area contributed by atoms with Crippen molar-refractivity contribution < 1.29 is 23.5 Å². The lowest BCUT2D eigenvalue weighted by Crippen LogP contribution is -2.54. The summed E-state index contributed by atoms with van der Waals surface area (Å²) in [5.41, 5.74) is 5.44. The summed E-state index contributed by atoms with van der Waals surface area (Å²) in [6.45, 7) is 8.11. The second kappa shape index (κ2) is 12.4. The van der Waals surface area contributed by atoms with Gasteiger partial charge in [0.25, 0.3) is 0 Å². The van der Waals surface area contributed by atoms with Gasteiger partial charge in [-0.3, -0.25) is 4.79 Å². The molecule has 2 atom stereocenters. The van der Waals surface area contributed by atoms with Crippen molar-refractivity contribution >= 4 is 5.91 Å². The van der Waals surface area contributed by atoms with Crippen LogP contribution in [0, 0.1) is 11.6 Å². The van der Waals surface area contributed by atoms with Gasteiger partial charge in [-0.25, -0.2) is 8.78 Å². The summed E-state index contributed by atoms with van der Waals surface area (Å²) in [6, 6.07) is 11.4. The average Bonchev–Trinajstić information content (AvgIpc) is 2.82. The molecule has 2 aromatic rings. The molecule has 0 aliphatic heterocycles. The van der Waals surface area contributed by atoms with Gasteiger partial charge in [-0.05, 0) is 66.3 Å². The van der Waals surface area contributed by atoms with Crippen molar-refractivity contribution in [3.05, 3.63) is 70.8 Å². The van der Waals surface area contributed by atoms with Gasteiger partial charge in [-0.2, -0.15) is 5.48 Å². The van der Waals surface area contributed by atoms with Crippen molar-refractivity contribution in [2.45, 2.75) is 88.9 Å². The first-order valence-electron chi connectivity index (χ1n) is 13.0. The molecular formula is C29H41F2N3O3. The Balaban J connectivity index is 1.83. The zero-order valence-corrected chi connectivity index (χ0v) is 22.5. The Morgan fingerprint density at radius 1 is 1.14 bits per heavy atom. The molecular weight excluding hydrogens is 476 g/mol. The summed E-state index contributed by atoms with van der Waals surface area (Å²) in [4.78, 5) is 17.0. The molecule has 0 bridgehead atoms. The van der Waals surface area contributed by atoms with Gasteiger partial charge in [0.2, 0.25) is 5.91 Å². The maximum absolute atomic E-state index is 13.8. The van der Waals surface area contributed by atoms with E-state index in [-0.39, 0.29) is 35.9 Å². The van der Waals surface area contributed by atoms with Gasteiger partial charge in [0, 0.05) is 31.1 Å². The number of amides is 1. The Hall–Kier alpha value is -2.39. The highest BCUT2D eigenvalue weighted by Gasteiger charge is 2.38. The number of nitrogens with one attached hydrogen (secondary N) is 3. The number of carbonyl (C=O) groups is 1. The third-order valence-corrected chi connectivity index (χ3v) is 7.29. The van der Waals surface area contributed by atoms with E-state index in [0.29, 0.717) is 5.56 Å². The highest BCUT2D eigenvalue weighted by Crippen LogP contribution is 2.39. The molecule has 3 rings (SSSR count). The minimum absolute atomic E-state index is 0.0117. The highest BCUT2D eigenvalue weighted by molar-refractivity contribution is 5.73. The van der Waals surface area contributed by atoms with Crippen LogP contribution in [0.4, 0.5) is 8.78 Å². The lowest BCUT2D eigenvalue weighted by atomic mass is 9.73. The Labute approximate surface area is 219 Å². The zero-order chi connectivity index (χ0) is 27.2. The van der Waals surface area contributed by atoms with Gasteiger partial charge in [0.1, 0.15) is 11.6 Å². The van der Waals surface area contributed by atoms with Gasteiger partial charge in [0.05, 0.1) is 19.3 Å². The Kier molecular flexibility index (Phi) is 9.80. The first-order valence-corrected chi connectivity index (χ1v) is 13.0. The standard InChI is InChI=1S/C29H41F2N3O3/c1-19(35)33-26(15-20-13-23(30)17-24(31)14-20)27(36)18-32-29(11-9-25(10-12-29)34-37-5)22-8-6-7-21(16-22)28(2,3)4/h6-8,13-14,16-17,25-27,32,34,36H,9-12,15,18H2,1-5H3,(H,33,35)/t25?,26-,27-,29?/m0/s1. The molecule has 2 aromatic carbocycles. The second-order valence-electron chi connectivity index (χ2n) is 11.2. The van der Waals surface area contributed by atoms with Crippen LogP contribution in [0.2, 0.25) is 0 Å². The summed E-state index contributed by atoms with van der Waals surface area (Å²) in [7, 11) is 1.62. The molecule has 204 valence electrons. The van der Waals surface area contributed by atoms with E-state index in [4.69, 9.17) is 4.84 Å². The van der Waals surface area contributed by atoms with E-state index in [9.17, 15) is 18.7 Å². The fourth-order valence-corrected chi connectivity index (χ4v) is 5.22. The van der Waals surface area contributed by atoms with Gasteiger partial charge in [-0.15, -0.1) is 0 Å². The molecule has 0 heterocycles. The van der Waals surface area contributed by atoms with Crippen molar-refractivity contribution in [1.82, 2.24) is 16.1 Å². The number of halogens is 2. The normalized spacial score (nSPS) is 21.9. The molecule has 1 amide bonds. The van der Waals surface area contributed by atoms with Crippen LogP contribution in [-0.4, -0.2) is 42.9 Å². The first-order chi connectivity index (χ1) is 17.4. The third kappa shape index (κ3) is 8.04. The lowest BCUT2D eigenvalue weighted by molar-refractivity contribution is -0.120. The summed E-state index contributed by atoms with van der Waals surface area (Å²) >= 11 is 0. The predicted molar refractivity (Wildman–Crippen MR) is 141 cm³/mol. The fourth-order valence-electron chi connectivity index (χ4n) is 5.22. The molecule has 0 saturated heterocycles. The van der Waals surface area contributed by atoms with Crippen LogP contribution in [0.25, 0.3) is 0 Å². The molecule has 1 aliphatic rings. The zero-order valence-electron chi connectivity index (χ0n) is 22.5. The number of benzene rings is 2. The summed E-state index contributed by atoms with van der Waals surface area (Å²) in [5.74, 6) is -1.70. The van der Waals surface area contributed by atoms with Crippen LogP contribution in [-0.2, 0) is 27.0 Å². The SMILES string of the molecule is CONC1CCC(NC[C@H](O)[C@H](Cc2cc(F)cc(F)c2)NC(C)=O)(c2cccc(C(C)(C)C)c2)CC1. The maximum atomic E-state index is 13.8. The molecule has 1 aliphatic carbocycles. The van der Waals surface area contributed by atoms with Crippen molar-refractivity contribution in [2.75, 3.05) is 13.7 Å². The molecule has 0 radical (unpaired) electrons. The van der Waals surface area contributed by atoms with Crippen molar-refractivity contribution in [1.29, 1.82) is 0 Å².